The monoisotopic (exact) mass is 393 g/mol. The Morgan fingerprint density at radius 3 is 2.24 bits per heavy atom. The van der Waals surface area contributed by atoms with Crippen LogP contribution < -0.4 is 4.90 Å². The van der Waals surface area contributed by atoms with Gasteiger partial charge in [0.2, 0.25) is 0 Å². The van der Waals surface area contributed by atoms with Crippen molar-refractivity contribution in [3.05, 3.63) is 71.0 Å². The van der Waals surface area contributed by atoms with E-state index in [1.807, 2.05) is 38.1 Å². The molecule has 3 rings (SSSR count). The van der Waals surface area contributed by atoms with Gasteiger partial charge in [-0.05, 0) is 47.2 Å². The molecule has 0 fully saturated rings. The molecule has 0 aromatic heterocycles. The number of hydrogen-bond donors (Lipinski definition) is 2. The Morgan fingerprint density at radius 1 is 1.03 bits per heavy atom. The Balaban J connectivity index is 2.12. The number of carbonyl (C=O) groups is 2. The van der Waals surface area contributed by atoms with Gasteiger partial charge >= 0.3 is 0 Å². The maximum atomic E-state index is 13.0. The normalized spacial score (nSPS) is 17.0. The molecule has 1 aliphatic heterocycles. The number of hydrogen-bond acceptors (Lipinski definition) is 4. The molecule has 2 N–H and O–H groups in total. The number of nitrogens with zero attached hydrogens (tertiary/aromatic N) is 1. The van der Waals surface area contributed by atoms with Crippen LogP contribution in [0.25, 0.3) is 0 Å². The van der Waals surface area contributed by atoms with E-state index in [0.717, 1.165) is 5.56 Å². The molecule has 0 saturated heterocycles. The summed E-state index contributed by atoms with van der Waals surface area (Å²) in [4.78, 5) is 27.4. The van der Waals surface area contributed by atoms with E-state index in [4.69, 9.17) is 0 Å². The van der Waals surface area contributed by atoms with Crippen molar-refractivity contribution in [2.24, 2.45) is 5.92 Å². The number of benzene rings is 2. The Morgan fingerprint density at radius 2 is 1.69 bits per heavy atom. The zero-order valence-corrected chi connectivity index (χ0v) is 17.2. The lowest BCUT2D eigenvalue weighted by Gasteiger charge is -2.27. The average molecular weight is 393 g/mol. The first-order valence-electron chi connectivity index (χ1n) is 9.89. The molecule has 0 aliphatic carbocycles. The van der Waals surface area contributed by atoms with E-state index < -0.39 is 17.7 Å². The van der Waals surface area contributed by atoms with Gasteiger partial charge in [-0.1, -0.05) is 52.0 Å². The summed E-state index contributed by atoms with van der Waals surface area (Å²) < 4.78 is 0. The molecule has 0 bridgehead atoms. The van der Waals surface area contributed by atoms with Crippen LogP contribution in [-0.4, -0.2) is 21.9 Å². The summed E-state index contributed by atoms with van der Waals surface area (Å²) in [6, 6.07) is 13.2. The van der Waals surface area contributed by atoms with Gasteiger partial charge in [0, 0.05) is 12.1 Å². The number of phenols is 1. The summed E-state index contributed by atoms with van der Waals surface area (Å²) in [6.45, 7) is 8.00. The minimum absolute atomic E-state index is 0.0344. The second-order valence-electron chi connectivity index (χ2n) is 8.20. The van der Waals surface area contributed by atoms with Crippen molar-refractivity contribution in [1.29, 1.82) is 0 Å². The van der Waals surface area contributed by atoms with Crippen molar-refractivity contribution in [3.8, 4) is 5.75 Å². The Kier molecular flexibility index (Phi) is 5.78. The van der Waals surface area contributed by atoms with Gasteiger partial charge < -0.3 is 10.2 Å². The van der Waals surface area contributed by atoms with Gasteiger partial charge in [-0.2, -0.15) is 0 Å². The number of anilines is 1. The Hall–Kier alpha value is -3.08. The second-order valence-corrected chi connectivity index (χ2v) is 8.20. The lowest BCUT2D eigenvalue weighted by atomic mass is 9.92. The van der Waals surface area contributed by atoms with E-state index >= 15 is 0 Å². The van der Waals surface area contributed by atoms with Crippen molar-refractivity contribution in [2.75, 3.05) is 4.90 Å². The zero-order valence-electron chi connectivity index (χ0n) is 17.2. The number of aromatic hydroxyl groups is 1. The fourth-order valence-corrected chi connectivity index (χ4v) is 3.67. The highest BCUT2D eigenvalue weighted by Crippen LogP contribution is 2.42. The molecular formula is C24H27NO4. The van der Waals surface area contributed by atoms with Gasteiger partial charge in [-0.25, -0.2) is 0 Å². The minimum Gasteiger partial charge on any atom is -0.508 e. The standard InChI is InChI=1S/C24H27NO4/c1-14(2)12-20(27)21-22(17-6-5-7-19(26)13-17)25(24(29)23(21)28)18-10-8-16(9-11-18)15(3)4/h5-11,13-15,22,26,28H,12H2,1-4H3. The Labute approximate surface area is 171 Å². The van der Waals surface area contributed by atoms with Crippen molar-refractivity contribution in [1.82, 2.24) is 0 Å². The zero-order chi connectivity index (χ0) is 21.3. The van der Waals surface area contributed by atoms with Crippen molar-refractivity contribution < 1.29 is 19.8 Å². The summed E-state index contributed by atoms with van der Waals surface area (Å²) in [5.74, 6) is -0.927. The Bertz CT molecular complexity index is 957. The van der Waals surface area contributed by atoms with Crippen molar-refractivity contribution in [3.63, 3.8) is 0 Å². The molecule has 1 amide bonds. The molecule has 29 heavy (non-hydrogen) atoms. The molecule has 0 radical (unpaired) electrons. The third-order valence-electron chi connectivity index (χ3n) is 5.13. The summed E-state index contributed by atoms with van der Waals surface area (Å²) in [5, 5.41) is 20.6. The van der Waals surface area contributed by atoms with E-state index in [0.29, 0.717) is 17.2 Å². The molecule has 2 aromatic carbocycles. The van der Waals surface area contributed by atoms with Crippen molar-refractivity contribution >= 4 is 17.4 Å². The molecule has 1 unspecified atom stereocenters. The highest BCUT2D eigenvalue weighted by atomic mass is 16.3. The first-order valence-corrected chi connectivity index (χ1v) is 9.89. The maximum Gasteiger partial charge on any atom is 0.294 e. The predicted molar refractivity (Wildman–Crippen MR) is 113 cm³/mol. The molecular weight excluding hydrogens is 366 g/mol. The van der Waals surface area contributed by atoms with Gasteiger partial charge in [0.15, 0.2) is 11.5 Å². The average Bonchev–Trinajstić information content (AvgIpc) is 2.92. The highest BCUT2D eigenvalue weighted by molar-refractivity contribution is 6.16. The van der Waals surface area contributed by atoms with E-state index in [1.165, 1.54) is 17.0 Å². The van der Waals surface area contributed by atoms with Crippen LogP contribution in [0.2, 0.25) is 0 Å². The largest absolute Gasteiger partial charge is 0.508 e. The van der Waals surface area contributed by atoms with Crippen LogP contribution in [0, 0.1) is 5.92 Å². The van der Waals surface area contributed by atoms with E-state index in [2.05, 4.69) is 13.8 Å². The molecule has 1 aliphatic rings. The number of rotatable bonds is 6. The van der Waals surface area contributed by atoms with Crippen LogP contribution in [-0.2, 0) is 9.59 Å². The third kappa shape index (κ3) is 4.04. The fourth-order valence-electron chi connectivity index (χ4n) is 3.67. The van der Waals surface area contributed by atoms with Crippen LogP contribution in [0.4, 0.5) is 5.69 Å². The number of Topliss-reactive ketones (excluding diaryl/α,β-unsaturated/α-hetero) is 1. The summed E-state index contributed by atoms with van der Waals surface area (Å²) in [7, 11) is 0. The highest BCUT2D eigenvalue weighted by Gasteiger charge is 2.44. The maximum absolute atomic E-state index is 13.0. The van der Waals surface area contributed by atoms with Gasteiger partial charge in [0.25, 0.3) is 5.91 Å². The predicted octanol–water partition coefficient (Wildman–Crippen LogP) is 5.03. The van der Waals surface area contributed by atoms with E-state index in [9.17, 15) is 19.8 Å². The minimum atomic E-state index is -0.786. The molecule has 0 spiro atoms. The molecule has 1 atom stereocenters. The topological polar surface area (TPSA) is 77.8 Å². The molecule has 5 nitrogen and oxygen atoms in total. The van der Waals surface area contributed by atoms with E-state index in [1.54, 1.807) is 12.1 Å². The lowest BCUT2D eigenvalue weighted by Crippen LogP contribution is -2.31. The molecule has 152 valence electrons. The number of amides is 1. The first-order chi connectivity index (χ1) is 13.7. The van der Waals surface area contributed by atoms with Gasteiger partial charge in [-0.15, -0.1) is 0 Å². The van der Waals surface area contributed by atoms with Crippen LogP contribution >= 0.6 is 0 Å². The summed E-state index contributed by atoms with van der Waals surface area (Å²) in [6.07, 6.45) is 0.224. The second kappa shape index (κ2) is 8.11. The first kappa shape index (κ1) is 20.6. The number of phenolic OH excluding ortho intramolecular Hbond substituents is 1. The smallest absolute Gasteiger partial charge is 0.294 e. The SMILES string of the molecule is CC(C)CC(=O)C1=C(O)C(=O)N(c2ccc(C(C)C)cc2)C1c1cccc(O)c1. The van der Waals surface area contributed by atoms with Crippen LogP contribution in [0.5, 0.6) is 5.75 Å². The van der Waals surface area contributed by atoms with Gasteiger partial charge in [-0.3, -0.25) is 14.5 Å². The summed E-state index contributed by atoms with van der Waals surface area (Å²) in [5.41, 5.74) is 2.37. The molecule has 2 aromatic rings. The molecule has 0 saturated carbocycles. The number of aliphatic hydroxyl groups excluding tert-OH is 1. The number of carbonyl (C=O) groups excluding carboxylic acids is 2. The van der Waals surface area contributed by atoms with E-state index in [-0.39, 0.29) is 29.4 Å². The van der Waals surface area contributed by atoms with Crippen LogP contribution in [0.15, 0.2) is 59.9 Å². The third-order valence-corrected chi connectivity index (χ3v) is 5.13. The van der Waals surface area contributed by atoms with Gasteiger partial charge in [0.05, 0.1) is 11.6 Å². The summed E-state index contributed by atoms with van der Waals surface area (Å²) >= 11 is 0. The number of aliphatic hydroxyl groups is 1. The van der Waals surface area contributed by atoms with Gasteiger partial charge in [0.1, 0.15) is 5.75 Å². The van der Waals surface area contributed by atoms with Crippen LogP contribution in [0.3, 0.4) is 0 Å². The van der Waals surface area contributed by atoms with Crippen molar-refractivity contribution in [2.45, 2.75) is 46.1 Å². The van der Waals surface area contributed by atoms with Crippen LogP contribution in [0.1, 0.15) is 57.2 Å². The molecule has 1 heterocycles. The lowest BCUT2D eigenvalue weighted by molar-refractivity contribution is -0.118. The fraction of sp³-hybridized carbons (Fsp3) is 0.333. The number of ketones is 1. The quantitative estimate of drug-likeness (QED) is 0.721. The molecule has 5 heteroatoms.